The van der Waals surface area contributed by atoms with E-state index >= 15 is 0 Å². The Kier molecular flexibility index (Phi) is 6.21. The summed E-state index contributed by atoms with van der Waals surface area (Å²) >= 11 is 0. The molecule has 1 amide bonds. The molecule has 0 spiro atoms. The highest BCUT2D eigenvalue weighted by atomic mass is 16.4. The average Bonchev–Trinajstić information content (AvgIpc) is 3.34. The third-order valence-corrected chi connectivity index (χ3v) is 4.43. The molecule has 0 unspecified atom stereocenters. The van der Waals surface area contributed by atoms with E-state index < -0.39 is 5.97 Å². The van der Waals surface area contributed by atoms with Gasteiger partial charge in [-0.15, -0.1) is 0 Å². The van der Waals surface area contributed by atoms with Gasteiger partial charge in [-0.1, -0.05) is 30.3 Å². The van der Waals surface area contributed by atoms with Crippen molar-refractivity contribution in [3.63, 3.8) is 0 Å². The molecule has 0 atom stereocenters. The number of rotatable bonds is 9. The molecule has 0 fully saturated rings. The molecule has 2 aromatic heterocycles. The summed E-state index contributed by atoms with van der Waals surface area (Å²) < 4.78 is 3.11. The Morgan fingerprint density at radius 2 is 1.93 bits per heavy atom. The summed E-state index contributed by atoms with van der Waals surface area (Å²) in [6.45, 7) is 3.40. The molecule has 1 aromatic carbocycles. The van der Waals surface area contributed by atoms with Crippen molar-refractivity contribution >= 4 is 11.9 Å². The van der Waals surface area contributed by atoms with Gasteiger partial charge in [0.25, 0.3) is 5.91 Å². The van der Waals surface area contributed by atoms with Crippen LogP contribution < -0.4 is 0 Å². The number of aryl methyl sites for hydroxylation is 1. The second kappa shape index (κ2) is 8.98. The standard InChI is InChI=1S/C20H23N5O3/c1-2-25-18(8-10-21-25)14-23(11-9-16-6-4-3-5-7-16)20(28)17-12-22-24(13-17)15-19(26)27/h3-8,10,12-13H,2,9,11,14-15H2,1H3,(H,26,27). The van der Waals surface area contributed by atoms with Gasteiger partial charge in [-0.25, -0.2) is 0 Å². The Hall–Kier alpha value is -3.42. The van der Waals surface area contributed by atoms with Gasteiger partial charge in [0, 0.05) is 25.5 Å². The van der Waals surface area contributed by atoms with E-state index in [0.717, 1.165) is 24.2 Å². The van der Waals surface area contributed by atoms with Crippen LogP contribution in [0.2, 0.25) is 0 Å². The first-order valence-corrected chi connectivity index (χ1v) is 9.15. The van der Waals surface area contributed by atoms with Crippen LogP contribution in [-0.2, 0) is 30.8 Å². The molecule has 0 radical (unpaired) electrons. The number of aromatic nitrogens is 4. The fraction of sp³-hybridized carbons (Fsp3) is 0.300. The third kappa shape index (κ3) is 4.85. The van der Waals surface area contributed by atoms with Crippen LogP contribution in [0.4, 0.5) is 0 Å². The van der Waals surface area contributed by atoms with Gasteiger partial charge in [-0.05, 0) is 25.0 Å². The topological polar surface area (TPSA) is 93.3 Å². The van der Waals surface area contributed by atoms with Crippen molar-refractivity contribution < 1.29 is 14.7 Å². The highest BCUT2D eigenvalue weighted by Crippen LogP contribution is 2.12. The van der Waals surface area contributed by atoms with E-state index in [9.17, 15) is 9.59 Å². The van der Waals surface area contributed by atoms with Crippen LogP contribution in [0.1, 0.15) is 28.5 Å². The number of aliphatic carboxylic acids is 1. The number of amides is 1. The first-order valence-electron chi connectivity index (χ1n) is 9.15. The van der Waals surface area contributed by atoms with Gasteiger partial charge in [-0.2, -0.15) is 10.2 Å². The summed E-state index contributed by atoms with van der Waals surface area (Å²) in [4.78, 5) is 25.7. The predicted octanol–water partition coefficient (Wildman–Crippen LogP) is 2.07. The van der Waals surface area contributed by atoms with Crippen LogP contribution in [0.3, 0.4) is 0 Å². The minimum Gasteiger partial charge on any atom is -0.480 e. The number of carboxylic acid groups (broad SMARTS) is 1. The third-order valence-electron chi connectivity index (χ3n) is 4.43. The fourth-order valence-corrected chi connectivity index (χ4v) is 3.02. The van der Waals surface area contributed by atoms with Gasteiger partial charge in [0.05, 0.1) is 24.0 Å². The van der Waals surface area contributed by atoms with Gasteiger partial charge in [0.15, 0.2) is 0 Å². The normalized spacial score (nSPS) is 10.8. The molecule has 1 N–H and O–H groups in total. The van der Waals surface area contributed by atoms with E-state index in [2.05, 4.69) is 10.2 Å². The summed E-state index contributed by atoms with van der Waals surface area (Å²) in [6, 6.07) is 11.9. The van der Waals surface area contributed by atoms with Gasteiger partial charge in [-0.3, -0.25) is 19.0 Å². The highest BCUT2D eigenvalue weighted by Gasteiger charge is 2.20. The first-order chi connectivity index (χ1) is 13.6. The molecule has 8 nitrogen and oxygen atoms in total. The minimum atomic E-state index is -1.00. The Morgan fingerprint density at radius 1 is 1.14 bits per heavy atom. The maximum atomic E-state index is 13.1. The second-order valence-electron chi connectivity index (χ2n) is 6.42. The zero-order valence-electron chi connectivity index (χ0n) is 15.7. The molecule has 0 bridgehead atoms. The summed E-state index contributed by atoms with van der Waals surface area (Å²) in [5.41, 5.74) is 2.46. The van der Waals surface area contributed by atoms with Crippen LogP contribution >= 0.6 is 0 Å². The number of hydrogen-bond donors (Lipinski definition) is 1. The maximum absolute atomic E-state index is 13.1. The van der Waals surface area contributed by atoms with Crippen molar-refractivity contribution in [2.24, 2.45) is 0 Å². The van der Waals surface area contributed by atoms with E-state index in [1.54, 1.807) is 11.1 Å². The molecule has 28 heavy (non-hydrogen) atoms. The molecule has 0 aliphatic heterocycles. The van der Waals surface area contributed by atoms with E-state index in [4.69, 9.17) is 5.11 Å². The minimum absolute atomic E-state index is 0.184. The Balaban J connectivity index is 1.78. The summed E-state index contributed by atoms with van der Waals surface area (Å²) in [6.07, 6.45) is 5.33. The number of carboxylic acids is 1. The van der Waals surface area contributed by atoms with Crippen LogP contribution in [-0.4, -0.2) is 48.0 Å². The lowest BCUT2D eigenvalue weighted by molar-refractivity contribution is -0.137. The smallest absolute Gasteiger partial charge is 0.325 e. The number of carbonyl (C=O) groups excluding carboxylic acids is 1. The largest absolute Gasteiger partial charge is 0.480 e. The van der Waals surface area contributed by atoms with Crippen molar-refractivity contribution in [2.45, 2.75) is 33.0 Å². The quantitative estimate of drug-likeness (QED) is 0.612. The first kappa shape index (κ1) is 19.3. The Bertz CT molecular complexity index is 932. The molecule has 2 heterocycles. The number of nitrogens with zero attached hydrogens (tertiary/aromatic N) is 5. The Morgan fingerprint density at radius 3 is 2.64 bits per heavy atom. The monoisotopic (exact) mass is 381 g/mol. The van der Waals surface area contributed by atoms with Crippen LogP contribution in [0.25, 0.3) is 0 Å². The summed E-state index contributed by atoms with van der Waals surface area (Å²) in [7, 11) is 0. The molecule has 146 valence electrons. The number of hydrogen-bond acceptors (Lipinski definition) is 4. The lowest BCUT2D eigenvalue weighted by Crippen LogP contribution is -2.33. The zero-order valence-corrected chi connectivity index (χ0v) is 15.7. The summed E-state index contributed by atoms with van der Waals surface area (Å²) in [5.74, 6) is -1.19. The lowest BCUT2D eigenvalue weighted by atomic mass is 10.1. The molecule has 0 aliphatic carbocycles. The van der Waals surface area contributed by atoms with Crippen molar-refractivity contribution in [2.75, 3.05) is 6.54 Å². The molecule has 0 saturated carbocycles. The van der Waals surface area contributed by atoms with Gasteiger partial charge in [0.1, 0.15) is 6.54 Å². The van der Waals surface area contributed by atoms with Crippen molar-refractivity contribution in [1.82, 2.24) is 24.5 Å². The zero-order chi connectivity index (χ0) is 19.9. The van der Waals surface area contributed by atoms with E-state index in [0.29, 0.717) is 18.7 Å². The van der Waals surface area contributed by atoms with Crippen LogP contribution in [0.15, 0.2) is 55.0 Å². The highest BCUT2D eigenvalue weighted by molar-refractivity contribution is 5.93. The molecular weight excluding hydrogens is 358 g/mol. The molecule has 8 heteroatoms. The van der Waals surface area contributed by atoms with Crippen molar-refractivity contribution in [3.8, 4) is 0 Å². The molecule has 0 saturated heterocycles. The van der Waals surface area contributed by atoms with E-state index in [1.165, 1.54) is 17.1 Å². The van der Waals surface area contributed by atoms with Crippen LogP contribution in [0.5, 0.6) is 0 Å². The van der Waals surface area contributed by atoms with E-state index in [-0.39, 0.29) is 12.5 Å². The summed E-state index contributed by atoms with van der Waals surface area (Å²) in [5, 5.41) is 17.1. The molecule has 3 rings (SSSR count). The van der Waals surface area contributed by atoms with Gasteiger partial charge >= 0.3 is 5.97 Å². The molecule has 0 aliphatic rings. The van der Waals surface area contributed by atoms with Gasteiger partial charge < -0.3 is 10.0 Å². The molecule has 3 aromatic rings. The maximum Gasteiger partial charge on any atom is 0.325 e. The number of carbonyl (C=O) groups is 2. The number of benzene rings is 1. The van der Waals surface area contributed by atoms with Gasteiger partial charge in [0.2, 0.25) is 0 Å². The second-order valence-corrected chi connectivity index (χ2v) is 6.42. The molecular formula is C20H23N5O3. The van der Waals surface area contributed by atoms with Crippen molar-refractivity contribution in [1.29, 1.82) is 0 Å². The van der Waals surface area contributed by atoms with Crippen molar-refractivity contribution in [3.05, 3.63) is 71.8 Å². The average molecular weight is 381 g/mol. The fourth-order valence-electron chi connectivity index (χ4n) is 3.02. The SMILES string of the molecule is CCn1nccc1CN(CCc1ccccc1)C(=O)c1cnn(CC(=O)O)c1. The van der Waals surface area contributed by atoms with Crippen LogP contribution in [0, 0.1) is 0 Å². The Labute approximate surface area is 163 Å². The lowest BCUT2D eigenvalue weighted by Gasteiger charge is -2.22. The predicted molar refractivity (Wildman–Crippen MR) is 103 cm³/mol. The van der Waals surface area contributed by atoms with E-state index in [1.807, 2.05) is 48.0 Å².